The number of methoxy groups -OCH3 is 1. The van der Waals surface area contributed by atoms with Crippen LogP contribution in [0.2, 0.25) is 5.02 Å². The van der Waals surface area contributed by atoms with Crippen LogP contribution < -0.4 is 0 Å². The number of carbonyl (C=O) groups excluding carboxylic acids is 1. The number of likely N-dealkylation sites (tertiary alicyclic amines) is 1. The van der Waals surface area contributed by atoms with Gasteiger partial charge in [-0.1, -0.05) is 11.6 Å². The van der Waals surface area contributed by atoms with Crippen LogP contribution in [-0.4, -0.2) is 49.3 Å². The molecule has 1 aliphatic heterocycles. The maximum absolute atomic E-state index is 13.4. The monoisotopic (exact) mass is 329 g/mol. The van der Waals surface area contributed by atoms with Gasteiger partial charge in [0, 0.05) is 42.8 Å². The SMILES string of the molecule is COCCC1(CO)CCCN(C(=O)c2cc(F)cc(Cl)c2)C1. The Morgan fingerprint density at radius 1 is 1.50 bits per heavy atom. The van der Waals surface area contributed by atoms with E-state index in [1.54, 1.807) is 12.0 Å². The number of piperidine rings is 1. The summed E-state index contributed by atoms with van der Waals surface area (Å²) in [7, 11) is 1.62. The second kappa shape index (κ2) is 7.40. The molecular formula is C16H21ClFNO3. The molecule has 22 heavy (non-hydrogen) atoms. The van der Waals surface area contributed by atoms with E-state index in [1.807, 2.05) is 0 Å². The van der Waals surface area contributed by atoms with Gasteiger partial charge in [-0.25, -0.2) is 4.39 Å². The zero-order valence-electron chi connectivity index (χ0n) is 12.6. The lowest BCUT2D eigenvalue weighted by Gasteiger charge is -2.41. The molecule has 1 saturated heterocycles. The predicted octanol–water partition coefficient (Wildman–Crippen LogP) is 2.73. The van der Waals surface area contributed by atoms with Crippen LogP contribution in [0.5, 0.6) is 0 Å². The van der Waals surface area contributed by atoms with Crippen molar-refractivity contribution in [2.24, 2.45) is 5.41 Å². The smallest absolute Gasteiger partial charge is 0.254 e. The summed E-state index contributed by atoms with van der Waals surface area (Å²) in [6.45, 7) is 1.58. The molecule has 122 valence electrons. The number of aliphatic hydroxyl groups excluding tert-OH is 1. The van der Waals surface area contributed by atoms with E-state index in [0.29, 0.717) is 26.1 Å². The number of hydrogen-bond donors (Lipinski definition) is 1. The maximum atomic E-state index is 13.4. The Bertz CT molecular complexity index is 520. The van der Waals surface area contributed by atoms with Gasteiger partial charge in [0.25, 0.3) is 5.91 Å². The molecule has 1 heterocycles. The first-order valence-electron chi connectivity index (χ1n) is 7.35. The third-order valence-electron chi connectivity index (χ3n) is 4.23. The van der Waals surface area contributed by atoms with E-state index < -0.39 is 5.82 Å². The minimum atomic E-state index is -0.527. The van der Waals surface area contributed by atoms with Crippen molar-refractivity contribution in [3.8, 4) is 0 Å². The molecule has 1 aliphatic rings. The lowest BCUT2D eigenvalue weighted by atomic mass is 9.78. The fraction of sp³-hybridized carbons (Fsp3) is 0.562. The van der Waals surface area contributed by atoms with Crippen molar-refractivity contribution < 1.29 is 19.0 Å². The highest BCUT2D eigenvalue weighted by Gasteiger charge is 2.36. The number of halogens is 2. The predicted molar refractivity (Wildman–Crippen MR) is 82.6 cm³/mol. The van der Waals surface area contributed by atoms with E-state index >= 15 is 0 Å². The van der Waals surface area contributed by atoms with Crippen LogP contribution in [0.1, 0.15) is 29.6 Å². The van der Waals surface area contributed by atoms with Crippen LogP contribution in [0.3, 0.4) is 0 Å². The van der Waals surface area contributed by atoms with Crippen LogP contribution in [0.15, 0.2) is 18.2 Å². The van der Waals surface area contributed by atoms with Crippen molar-refractivity contribution in [2.45, 2.75) is 19.3 Å². The lowest BCUT2D eigenvalue weighted by molar-refractivity contribution is 0.00897. The molecule has 0 aromatic heterocycles. The van der Waals surface area contributed by atoms with E-state index in [-0.39, 0.29) is 28.5 Å². The van der Waals surface area contributed by atoms with Crippen molar-refractivity contribution >= 4 is 17.5 Å². The molecule has 2 rings (SSSR count). The average molecular weight is 330 g/mol. The van der Waals surface area contributed by atoms with Crippen LogP contribution in [-0.2, 0) is 4.74 Å². The first-order chi connectivity index (χ1) is 10.5. The summed E-state index contributed by atoms with van der Waals surface area (Å²) < 4.78 is 18.5. The molecule has 0 saturated carbocycles. The highest BCUT2D eigenvalue weighted by molar-refractivity contribution is 6.31. The zero-order valence-corrected chi connectivity index (χ0v) is 13.4. The van der Waals surface area contributed by atoms with Gasteiger partial charge in [0.15, 0.2) is 0 Å². The Labute approximate surface area is 134 Å². The third kappa shape index (κ3) is 3.97. The van der Waals surface area contributed by atoms with Gasteiger partial charge in [-0.3, -0.25) is 4.79 Å². The molecule has 0 bridgehead atoms. The van der Waals surface area contributed by atoms with Crippen molar-refractivity contribution in [1.82, 2.24) is 4.90 Å². The van der Waals surface area contributed by atoms with Gasteiger partial charge in [0.1, 0.15) is 5.82 Å². The van der Waals surface area contributed by atoms with E-state index in [4.69, 9.17) is 16.3 Å². The Kier molecular flexibility index (Phi) is 5.78. The van der Waals surface area contributed by atoms with E-state index in [2.05, 4.69) is 0 Å². The Morgan fingerprint density at radius 2 is 2.27 bits per heavy atom. The molecule has 1 unspecified atom stereocenters. The molecule has 1 aromatic carbocycles. The largest absolute Gasteiger partial charge is 0.396 e. The topological polar surface area (TPSA) is 49.8 Å². The molecule has 0 spiro atoms. The van der Waals surface area contributed by atoms with Gasteiger partial charge >= 0.3 is 0 Å². The number of hydrogen-bond acceptors (Lipinski definition) is 3. The fourth-order valence-corrected chi connectivity index (χ4v) is 3.19. The third-order valence-corrected chi connectivity index (χ3v) is 4.45. The molecule has 1 aromatic rings. The van der Waals surface area contributed by atoms with E-state index in [0.717, 1.165) is 12.8 Å². The first kappa shape index (κ1) is 17.2. The molecule has 1 atom stereocenters. The van der Waals surface area contributed by atoms with Crippen LogP contribution >= 0.6 is 11.6 Å². The van der Waals surface area contributed by atoms with Crippen LogP contribution in [0, 0.1) is 11.2 Å². The van der Waals surface area contributed by atoms with Gasteiger partial charge in [0.2, 0.25) is 0 Å². The Hall–Kier alpha value is -1.17. The van der Waals surface area contributed by atoms with Gasteiger partial charge in [-0.2, -0.15) is 0 Å². The molecule has 1 N–H and O–H groups in total. The average Bonchev–Trinajstić information content (AvgIpc) is 2.51. The summed E-state index contributed by atoms with van der Waals surface area (Å²) in [5, 5.41) is 9.95. The Balaban J connectivity index is 2.15. The number of aliphatic hydroxyl groups is 1. The lowest BCUT2D eigenvalue weighted by Crippen LogP contribution is -2.48. The standard InChI is InChI=1S/C16H21ClFNO3/c1-22-6-4-16(11-20)3-2-5-19(10-16)15(21)12-7-13(17)9-14(18)8-12/h7-9,20H,2-6,10-11H2,1H3. The molecule has 0 radical (unpaired) electrons. The molecule has 4 nitrogen and oxygen atoms in total. The molecule has 0 aliphatic carbocycles. The number of rotatable bonds is 5. The number of amides is 1. The normalized spacial score (nSPS) is 21.9. The summed E-state index contributed by atoms with van der Waals surface area (Å²) in [6, 6.07) is 3.83. The van der Waals surface area contributed by atoms with Crippen molar-refractivity contribution in [3.05, 3.63) is 34.6 Å². The van der Waals surface area contributed by atoms with Gasteiger partial charge in [-0.05, 0) is 37.5 Å². The van der Waals surface area contributed by atoms with Gasteiger partial charge in [0.05, 0.1) is 6.61 Å². The maximum Gasteiger partial charge on any atom is 0.254 e. The summed E-state index contributed by atoms with van der Waals surface area (Å²) in [5.74, 6) is -0.781. The molecular weight excluding hydrogens is 309 g/mol. The van der Waals surface area contributed by atoms with Gasteiger partial charge < -0.3 is 14.7 Å². The number of ether oxygens (including phenoxy) is 1. The van der Waals surface area contributed by atoms with Crippen LogP contribution in [0.25, 0.3) is 0 Å². The first-order valence-corrected chi connectivity index (χ1v) is 7.73. The minimum Gasteiger partial charge on any atom is -0.396 e. The van der Waals surface area contributed by atoms with Crippen molar-refractivity contribution in [2.75, 3.05) is 33.4 Å². The van der Waals surface area contributed by atoms with E-state index in [9.17, 15) is 14.3 Å². The number of nitrogens with zero attached hydrogens (tertiary/aromatic N) is 1. The second-order valence-electron chi connectivity index (χ2n) is 5.89. The summed E-state index contributed by atoms with van der Waals surface area (Å²) in [4.78, 5) is 14.2. The highest BCUT2D eigenvalue weighted by Crippen LogP contribution is 2.34. The molecule has 1 amide bonds. The molecule has 6 heteroatoms. The summed E-state index contributed by atoms with van der Waals surface area (Å²) in [6.07, 6.45) is 2.34. The number of carbonyl (C=O) groups is 1. The minimum absolute atomic E-state index is 0.00401. The number of benzene rings is 1. The van der Waals surface area contributed by atoms with E-state index in [1.165, 1.54) is 18.2 Å². The second-order valence-corrected chi connectivity index (χ2v) is 6.33. The fourth-order valence-electron chi connectivity index (χ4n) is 2.97. The Morgan fingerprint density at radius 3 is 2.91 bits per heavy atom. The molecule has 1 fully saturated rings. The zero-order chi connectivity index (χ0) is 16.2. The van der Waals surface area contributed by atoms with Crippen molar-refractivity contribution in [1.29, 1.82) is 0 Å². The summed E-state index contributed by atoms with van der Waals surface area (Å²) >= 11 is 5.82. The van der Waals surface area contributed by atoms with Gasteiger partial charge in [-0.15, -0.1) is 0 Å². The highest BCUT2D eigenvalue weighted by atomic mass is 35.5. The van der Waals surface area contributed by atoms with Crippen molar-refractivity contribution in [3.63, 3.8) is 0 Å². The summed E-state index contributed by atoms with van der Waals surface area (Å²) in [5.41, 5.74) is -0.105. The quantitative estimate of drug-likeness (QED) is 0.903. The van der Waals surface area contributed by atoms with Crippen LogP contribution in [0.4, 0.5) is 4.39 Å².